The minimum atomic E-state index is -3.55. The lowest BCUT2D eigenvalue weighted by molar-refractivity contribution is 0.296. The molecule has 1 atom stereocenters. The van der Waals surface area contributed by atoms with E-state index in [0.29, 0.717) is 31.3 Å². The van der Waals surface area contributed by atoms with Gasteiger partial charge in [-0.15, -0.1) is 11.3 Å². The molecule has 7 heteroatoms. The predicted octanol–water partition coefficient (Wildman–Crippen LogP) is 3.44. The minimum absolute atomic E-state index is 0.0639. The van der Waals surface area contributed by atoms with Crippen molar-refractivity contribution in [2.24, 2.45) is 0 Å². The summed E-state index contributed by atoms with van der Waals surface area (Å²) in [5, 5.41) is 1.99. The van der Waals surface area contributed by atoms with Crippen LogP contribution in [0, 0.1) is 0 Å². The van der Waals surface area contributed by atoms with E-state index in [1.54, 1.807) is 33.8 Å². The van der Waals surface area contributed by atoms with Crippen LogP contribution in [0.3, 0.4) is 0 Å². The Morgan fingerprint density at radius 2 is 1.92 bits per heavy atom. The molecule has 0 radical (unpaired) electrons. The molecule has 24 heavy (non-hydrogen) atoms. The zero-order valence-corrected chi connectivity index (χ0v) is 14.8. The van der Waals surface area contributed by atoms with E-state index in [1.807, 2.05) is 17.5 Å². The van der Waals surface area contributed by atoms with E-state index < -0.39 is 10.0 Å². The van der Waals surface area contributed by atoms with E-state index >= 15 is 0 Å². The van der Waals surface area contributed by atoms with Crippen LogP contribution in [0.5, 0.6) is 11.5 Å². The van der Waals surface area contributed by atoms with Crippen LogP contribution >= 0.6 is 11.3 Å². The van der Waals surface area contributed by atoms with E-state index in [4.69, 9.17) is 9.47 Å². The SMILES string of the molecule is O=S(=O)(c1ccc2c(c1)OCCCO2)N1CCC[C@@H]1c1cccs1. The van der Waals surface area contributed by atoms with Crippen molar-refractivity contribution in [3.63, 3.8) is 0 Å². The summed E-state index contributed by atoms with van der Waals surface area (Å²) < 4.78 is 39.1. The lowest BCUT2D eigenvalue weighted by Gasteiger charge is -2.23. The van der Waals surface area contributed by atoms with Crippen molar-refractivity contribution < 1.29 is 17.9 Å². The summed E-state index contributed by atoms with van der Waals surface area (Å²) in [6, 6.07) is 8.83. The number of hydrogen-bond acceptors (Lipinski definition) is 5. The third-order valence-electron chi connectivity index (χ3n) is 4.40. The molecule has 0 saturated carbocycles. The summed E-state index contributed by atoms with van der Waals surface area (Å²) in [7, 11) is -3.55. The molecule has 1 saturated heterocycles. The smallest absolute Gasteiger partial charge is 0.243 e. The minimum Gasteiger partial charge on any atom is -0.490 e. The van der Waals surface area contributed by atoms with Crippen LogP contribution in [0.2, 0.25) is 0 Å². The summed E-state index contributed by atoms with van der Waals surface area (Å²) in [4.78, 5) is 1.38. The van der Waals surface area contributed by atoms with Crippen molar-refractivity contribution >= 4 is 21.4 Å². The number of nitrogens with zero attached hydrogens (tertiary/aromatic N) is 1. The topological polar surface area (TPSA) is 55.8 Å². The third-order valence-corrected chi connectivity index (χ3v) is 7.28. The van der Waals surface area contributed by atoms with Crippen LogP contribution in [-0.4, -0.2) is 32.5 Å². The van der Waals surface area contributed by atoms with Gasteiger partial charge >= 0.3 is 0 Å². The highest BCUT2D eigenvalue weighted by Crippen LogP contribution is 2.40. The zero-order chi connectivity index (χ0) is 16.6. The van der Waals surface area contributed by atoms with Gasteiger partial charge in [-0.25, -0.2) is 8.42 Å². The van der Waals surface area contributed by atoms with E-state index in [1.165, 1.54) is 0 Å². The van der Waals surface area contributed by atoms with Gasteiger partial charge < -0.3 is 9.47 Å². The van der Waals surface area contributed by atoms with Crippen molar-refractivity contribution in [1.29, 1.82) is 0 Å². The predicted molar refractivity (Wildman–Crippen MR) is 92.2 cm³/mol. The average Bonchev–Trinajstić information content (AvgIpc) is 3.21. The molecule has 2 aliphatic heterocycles. The van der Waals surface area contributed by atoms with E-state index in [0.717, 1.165) is 24.1 Å². The fourth-order valence-electron chi connectivity index (χ4n) is 3.23. The fourth-order valence-corrected chi connectivity index (χ4v) is 5.86. The summed E-state index contributed by atoms with van der Waals surface area (Å²) >= 11 is 1.61. The second kappa shape index (κ2) is 6.38. The van der Waals surface area contributed by atoms with Gasteiger partial charge in [-0.1, -0.05) is 6.07 Å². The molecule has 4 rings (SSSR count). The molecule has 0 amide bonds. The van der Waals surface area contributed by atoms with Crippen molar-refractivity contribution in [3.8, 4) is 11.5 Å². The largest absolute Gasteiger partial charge is 0.490 e. The first-order chi connectivity index (χ1) is 11.7. The maximum atomic E-state index is 13.1. The summed E-state index contributed by atoms with van der Waals surface area (Å²) in [6.45, 7) is 1.68. The molecule has 0 N–H and O–H groups in total. The Morgan fingerprint density at radius 3 is 2.71 bits per heavy atom. The van der Waals surface area contributed by atoms with Gasteiger partial charge in [0.05, 0.1) is 24.2 Å². The van der Waals surface area contributed by atoms with E-state index in [2.05, 4.69) is 0 Å². The normalized spacial score (nSPS) is 21.6. The van der Waals surface area contributed by atoms with Crippen molar-refractivity contribution in [1.82, 2.24) is 4.31 Å². The molecular weight excluding hydrogens is 346 g/mol. The highest BCUT2D eigenvalue weighted by molar-refractivity contribution is 7.89. The Balaban J connectivity index is 1.68. The Kier molecular flexibility index (Phi) is 4.24. The molecule has 5 nitrogen and oxygen atoms in total. The summed E-state index contributed by atoms with van der Waals surface area (Å²) in [6.07, 6.45) is 2.54. The van der Waals surface area contributed by atoms with Gasteiger partial charge in [0.2, 0.25) is 10.0 Å². The van der Waals surface area contributed by atoms with Crippen LogP contribution in [0.1, 0.15) is 30.2 Å². The number of rotatable bonds is 3. The highest BCUT2D eigenvalue weighted by atomic mass is 32.2. The van der Waals surface area contributed by atoms with E-state index in [9.17, 15) is 8.42 Å². The molecular formula is C17H19NO4S2. The van der Waals surface area contributed by atoms with Crippen LogP contribution < -0.4 is 9.47 Å². The number of ether oxygens (including phenoxy) is 2. The van der Waals surface area contributed by atoms with E-state index in [-0.39, 0.29) is 10.9 Å². The highest BCUT2D eigenvalue weighted by Gasteiger charge is 2.37. The second-order valence-corrected chi connectivity index (χ2v) is 8.82. The molecule has 2 aliphatic rings. The Labute approximate surface area is 145 Å². The number of benzene rings is 1. The Bertz CT molecular complexity index is 817. The fraction of sp³-hybridized carbons (Fsp3) is 0.412. The molecule has 0 spiro atoms. The van der Waals surface area contributed by atoms with Gasteiger partial charge in [0.15, 0.2) is 11.5 Å². The molecule has 2 aromatic rings. The standard InChI is InChI=1S/C17H19NO4S2/c19-24(20,18-8-1-4-14(18)17-5-2-11-23-17)13-6-7-15-16(12-13)22-10-3-9-21-15/h2,5-7,11-12,14H,1,3-4,8-10H2/t14-/m1/s1. The molecule has 1 aromatic carbocycles. The molecule has 0 unspecified atom stereocenters. The lowest BCUT2D eigenvalue weighted by Crippen LogP contribution is -2.30. The molecule has 128 valence electrons. The van der Waals surface area contributed by atoms with Gasteiger partial charge in [-0.3, -0.25) is 0 Å². The Hall–Kier alpha value is -1.57. The van der Waals surface area contributed by atoms with Crippen molar-refractivity contribution in [3.05, 3.63) is 40.6 Å². The van der Waals surface area contributed by atoms with Crippen molar-refractivity contribution in [2.45, 2.75) is 30.2 Å². The molecule has 0 bridgehead atoms. The summed E-state index contributed by atoms with van der Waals surface area (Å²) in [5.74, 6) is 1.13. The first-order valence-electron chi connectivity index (χ1n) is 8.11. The maximum absolute atomic E-state index is 13.1. The maximum Gasteiger partial charge on any atom is 0.243 e. The average molecular weight is 365 g/mol. The quantitative estimate of drug-likeness (QED) is 0.836. The first kappa shape index (κ1) is 15.9. The van der Waals surface area contributed by atoms with Gasteiger partial charge in [0.1, 0.15) is 0 Å². The molecule has 1 fully saturated rings. The molecule has 0 aliphatic carbocycles. The summed E-state index contributed by atoms with van der Waals surface area (Å²) in [5.41, 5.74) is 0. The van der Waals surface area contributed by atoms with Gasteiger partial charge in [-0.2, -0.15) is 4.31 Å². The zero-order valence-electron chi connectivity index (χ0n) is 13.2. The monoisotopic (exact) mass is 365 g/mol. The number of fused-ring (bicyclic) bond motifs is 1. The van der Waals surface area contributed by atoms with Gasteiger partial charge in [0.25, 0.3) is 0 Å². The number of sulfonamides is 1. The van der Waals surface area contributed by atoms with Crippen LogP contribution in [-0.2, 0) is 10.0 Å². The Morgan fingerprint density at radius 1 is 1.08 bits per heavy atom. The first-order valence-corrected chi connectivity index (χ1v) is 10.4. The van der Waals surface area contributed by atoms with Crippen LogP contribution in [0.25, 0.3) is 0 Å². The van der Waals surface area contributed by atoms with Crippen LogP contribution in [0.4, 0.5) is 0 Å². The van der Waals surface area contributed by atoms with Crippen LogP contribution in [0.15, 0.2) is 40.6 Å². The lowest BCUT2D eigenvalue weighted by atomic mass is 10.2. The molecule has 3 heterocycles. The third kappa shape index (κ3) is 2.81. The second-order valence-electron chi connectivity index (χ2n) is 5.95. The molecule has 1 aromatic heterocycles. The van der Waals surface area contributed by atoms with Gasteiger partial charge in [-0.05, 0) is 36.4 Å². The van der Waals surface area contributed by atoms with Crippen molar-refractivity contribution in [2.75, 3.05) is 19.8 Å². The number of hydrogen-bond donors (Lipinski definition) is 0. The number of thiophene rings is 1. The van der Waals surface area contributed by atoms with Gasteiger partial charge in [0, 0.05) is 23.9 Å².